The maximum absolute atomic E-state index is 11.7. The zero-order valence-electron chi connectivity index (χ0n) is 12.5. The number of carbonyl (C=O) groups is 1. The number of hydrogen-bond donors (Lipinski definition) is 1. The van der Waals surface area contributed by atoms with Crippen molar-refractivity contribution < 1.29 is 14.6 Å². The molecule has 0 aliphatic carbocycles. The molecular formula is C16H14ClN3O4. The maximum atomic E-state index is 11.7. The van der Waals surface area contributed by atoms with Gasteiger partial charge in [0.1, 0.15) is 6.61 Å². The van der Waals surface area contributed by atoms with E-state index in [1.165, 1.54) is 18.3 Å². The molecule has 1 N–H and O–H groups in total. The van der Waals surface area contributed by atoms with Gasteiger partial charge in [0.25, 0.3) is 5.69 Å². The molecule has 0 aliphatic heterocycles. The average molecular weight is 348 g/mol. The number of oxime groups is 1. The predicted octanol–water partition coefficient (Wildman–Crippen LogP) is 3.78. The largest absolute Gasteiger partial charge is 0.391 e. The highest BCUT2D eigenvalue weighted by molar-refractivity contribution is 6.30. The molecule has 0 saturated heterocycles. The normalized spacial score (nSPS) is 10.5. The van der Waals surface area contributed by atoms with Gasteiger partial charge in [-0.25, -0.2) is 0 Å². The molecule has 0 aliphatic rings. The van der Waals surface area contributed by atoms with Gasteiger partial charge in [-0.15, -0.1) is 0 Å². The van der Waals surface area contributed by atoms with Gasteiger partial charge in [0.05, 0.1) is 17.6 Å². The highest BCUT2D eigenvalue weighted by Gasteiger charge is 2.04. The van der Waals surface area contributed by atoms with E-state index in [9.17, 15) is 14.9 Å². The molecular weight excluding hydrogens is 334 g/mol. The van der Waals surface area contributed by atoms with Crippen LogP contribution in [0.15, 0.2) is 53.7 Å². The van der Waals surface area contributed by atoms with Crippen LogP contribution in [0.4, 0.5) is 11.4 Å². The monoisotopic (exact) mass is 347 g/mol. The molecule has 1 amide bonds. The Morgan fingerprint density at radius 1 is 1.21 bits per heavy atom. The number of benzene rings is 2. The van der Waals surface area contributed by atoms with Crippen LogP contribution in [-0.2, 0) is 16.2 Å². The van der Waals surface area contributed by atoms with E-state index in [-0.39, 0.29) is 24.6 Å². The first-order chi connectivity index (χ1) is 11.5. The van der Waals surface area contributed by atoms with E-state index in [0.29, 0.717) is 10.7 Å². The van der Waals surface area contributed by atoms with Gasteiger partial charge < -0.3 is 10.2 Å². The molecule has 124 valence electrons. The van der Waals surface area contributed by atoms with E-state index in [1.54, 1.807) is 36.4 Å². The summed E-state index contributed by atoms with van der Waals surface area (Å²) in [6.07, 6.45) is 1.40. The number of amides is 1. The molecule has 0 bridgehead atoms. The number of rotatable bonds is 7. The summed E-state index contributed by atoms with van der Waals surface area (Å²) in [5.41, 5.74) is 1.40. The smallest absolute Gasteiger partial charge is 0.269 e. The third kappa shape index (κ3) is 5.69. The van der Waals surface area contributed by atoms with Crippen LogP contribution in [-0.4, -0.2) is 17.0 Å². The van der Waals surface area contributed by atoms with Gasteiger partial charge in [0, 0.05) is 22.8 Å². The number of nitro groups is 1. The molecule has 2 aromatic rings. The number of nitro benzene ring substituents is 1. The van der Waals surface area contributed by atoms with Crippen molar-refractivity contribution in [2.24, 2.45) is 5.16 Å². The topological polar surface area (TPSA) is 93.8 Å². The van der Waals surface area contributed by atoms with E-state index in [1.807, 2.05) is 0 Å². The zero-order chi connectivity index (χ0) is 17.4. The number of nitrogens with zero attached hydrogens (tertiary/aromatic N) is 2. The molecule has 0 atom stereocenters. The second-order valence-corrected chi connectivity index (χ2v) is 5.18. The van der Waals surface area contributed by atoms with E-state index >= 15 is 0 Å². The van der Waals surface area contributed by atoms with Gasteiger partial charge in [0.2, 0.25) is 5.91 Å². The molecule has 8 heteroatoms. The van der Waals surface area contributed by atoms with Crippen molar-refractivity contribution in [1.82, 2.24) is 0 Å². The lowest BCUT2D eigenvalue weighted by atomic mass is 10.2. The fraction of sp³-hybridized carbons (Fsp3) is 0.125. The summed E-state index contributed by atoms with van der Waals surface area (Å²) in [4.78, 5) is 26.8. The maximum Gasteiger partial charge on any atom is 0.269 e. The van der Waals surface area contributed by atoms with Crippen LogP contribution >= 0.6 is 11.6 Å². The van der Waals surface area contributed by atoms with Crippen molar-refractivity contribution in [2.75, 3.05) is 5.32 Å². The predicted molar refractivity (Wildman–Crippen MR) is 91.1 cm³/mol. The average Bonchev–Trinajstić information content (AvgIpc) is 2.57. The van der Waals surface area contributed by atoms with Crippen molar-refractivity contribution in [2.45, 2.75) is 13.0 Å². The van der Waals surface area contributed by atoms with E-state index in [4.69, 9.17) is 16.4 Å². The molecule has 0 heterocycles. The van der Waals surface area contributed by atoms with Crippen molar-refractivity contribution in [3.63, 3.8) is 0 Å². The number of hydrogen-bond acceptors (Lipinski definition) is 5. The Hall–Kier alpha value is -2.93. The standard InChI is InChI=1S/C16H14ClN3O4/c17-13-3-5-14(6-4-13)19-16(21)9-10-18-24-11-12-1-7-15(8-2-12)20(22)23/h1-8,10H,9,11H2,(H,19,21). The molecule has 0 radical (unpaired) electrons. The summed E-state index contributed by atoms with van der Waals surface area (Å²) < 4.78 is 0. The molecule has 2 aromatic carbocycles. The van der Waals surface area contributed by atoms with Gasteiger partial charge in [-0.3, -0.25) is 14.9 Å². The minimum Gasteiger partial charge on any atom is -0.391 e. The molecule has 7 nitrogen and oxygen atoms in total. The summed E-state index contributed by atoms with van der Waals surface area (Å²) in [5, 5.41) is 17.5. The SMILES string of the molecule is O=C(CC=NOCc1ccc([N+](=O)[O-])cc1)Nc1ccc(Cl)cc1. The number of halogens is 1. The summed E-state index contributed by atoms with van der Waals surface area (Å²) >= 11 is 5.76. The summed E-state index contributed by atoms with van der Waals surface area (Å²) in [7, 11) is 0. The van der Waals surface area contributed by atoms with Crippen LogP contribution in [0.3, 0.4) is 0 Å². The number of non-ortho nitro benzene ring substituents is 1. The summed E-state index contributed by atoms with van der Waals surface area (Å²) in [6, 6.07) is 12.7. The zero-order valence-corrected chi connectivity index (χ0v) is 13.3. The molecule has 24 heavy (non-hydrogen) atoms. The lowest BCUT2D eigenvalue weighted by Gasteiger charge is -2.03. The van der Waals surface area contributed by atoms with E-state index in [2.05, 4.69) is 10.5 Å². The second kappa shape index (κ2) is 8.64. The first-order valence-electron chi connectivity index (χ1n) is 6.97. The third-order valence-corrected chi connectivity index (χ3v) is 3.18. The number of nitrogens with one attached hydrogen (secondary N) is 1. The highest BCUT2D eigenvalue weighted by atomic mass is 35.5. The Balaban J connectivity index is 1.71. The third-order valence-electron chi connectivity index (χ3n) is 2.93. The van der Waals surface area contributed by atoms with Crippen LogP contribution < -0.4 is 5.32 Å². The van der Waals surface area contributed by atoms with Gasteiger partial charge in [-0.2, -0.15) is 0 Å². The van der Waals surface area contributed by atoms with E-state index in [0.717, 1.165) is 5.56 Å². The lowest BCUT2D eigenvalue weighted by Crippen LogP contribution is -2.11. The molecule has 0 aromatic heterocycles. The van der Waals surface area contributed by atoms with Crippen LogP contribution in [0.5, 0.6) is 0 Å². The van der Waals surface area contributed by atoms with Crippen LogP contribution in [0.25, 0.3) is 0 Å². The Bertz CT molecular complexity index is 730. The number of anilines is 1. The first kappa shape index (κ1) is 17.4. The highest BCUT2D eigenvalue weighted by Crippen LogP contribution is 2.14. The summed E-state index contributed by atoms with van der Waals surface area (Å²) in [5.74, 6) is -0.236. The first-order valence-corrected chi connectivity index (χ1v) is 7.35. The lowest BCUT2D eigenvalue weighted by molar-refractivity contribution is -0.384. The second-order valence-electron chi connectivity index (χ2n) is 4.74. The Morgan fingerprint density at radius 2 is 1.88 bits per heavy atom. The minimum absolute atomic E-state index is 0.0149. The Morgan fingerprint density at radius 3 is 2.50 bits per heavy atom. The van der Waals surface area contributed by atoms with Gasteiger partial charge in [-0.05, 0) is 42.0 Å². The van der Waals surface area contributed by atoms with Gasteiger partial charge in [0.15, 0.2) is 0 Å². The Labute approximate surface area is 143 Å². The molecule has 2 rings (SSSR count). The molecule has 0 unspecified atom stereocenters. The fourth-order valence-electron chi connectivity index (χ4n) is 1.74. The summed E-state index contributed by atoms with van der Waals surface area (Å²) in [6.45, 7) is 0.160. The van der Waals surface area contributed by atoms with Crippen LogP contribution in [0.2, 0.25) is 5.02 Å². The molecule has 0 fully saturated rings. The fourth-order valence-corrected chi connectivity index (χ4v) is 1.87. The quantitative estimate of drug-likeness (QED) is 0.468. The number of carbonyl (C=O) groups excluding carboxylic acids is 1. The van der Waals surface area contributed by atoms with Crippen LogP contribution in [0, 0.1) is 10.1 Å². The van der Waals surface area contributed by atoms with Crippen molar-refractivity contribution >= 4 is 35.1 Å². The van der Waals surface area contributed by atoms with Crippen molar-refractivity contribution in [1.29, 1.82) is 0 Å². The van der Waals surface area contributed by atoms with Crippen molar-refractivity contribution in [3.05, 3.63) is 69.2 Å². The van der Waals surface area contributed by atoms with Gasteiger partial charge >= 0.3 is 0 Å². The van der Waals surface area contributed by atoms with Gasteiger partial charge in [-0.1, -0.05) is 16.8 Å². The van der Waals surface area contributed by atoms with Crippen molar-refractivity contribution in [3.8, 4) is 0 Å². The Kier molecular flexibility index (Phi) is 6.27. The minimum atomic E-state index is -0.470. The van der Waals surface area contributed by atoms with Crippen LogP contribution in [0.1, 0.15) is 12.0 Å². The van der Waals surface area contributed by atoms with E-state index < -0.39 is 4.92 Å². The molecule has 0 saturated carbocycles. The molecule has 0 spiro atoms.